The Labute approximate surface area is 234 Å². The van der Waals surface area contributed by atoms with Gasteiger partial charge in [-0.2, -0.15) is 0 Å². The Bertz CT molecular complexity index is 1540. The van der Waals surface area contributed by atoms with Gasteiger partial charge in [-0.05, 0) is 90.0 Å². The van der Waals surface area contributed by atoms with Gasteiger partial charge in [0, 0.05) is 5.69 Å². The average molecular weight is 529 g/mol. The standard InChI is InChI=1S/C16H14BNO2.C14H11BN2O3/c1-11-8-13(5-7-16(11)18-3)20-14-4-6-15-12(9-14)10-19-17(15)2;1-9-13(16-2)5-6-14(17-9)20-11-3-4-12-10(7-11)8-19-15(12)18/h4-9H,10H2,1-2H3;3-7,18H,8H2,1H3. The SMILES string of the molecule is [C-]#[N+]c1ccc(Oc2ccc3c(c2)COB3C)cc1C.[C-]#[N+]c1ccc(Oc2ccc3c(c2)COB3O)nc1C. The molecule has 0 spiro atoms. The zero-order valence-electron chi connectivity index (χ0n) is 22.3. The summed E-state index contributed by atoms with van der Waals surface area (Å²) < 4.78 is 22.2. The van der Waals surface area contributed by atoms with Gasteiger partial charge < -0.3 is 23.8 Å². The van der Waals surface area contributed by atoms with Crippen molar-refractivity contribution in [3.63, 3.8) is 0 Å². The van der Waals surface area contributed by atoms with E-state index in [-0.39, 0.29) is 6.92 Å². The smallest absolute Gasteiger partial charge is 0.457 e. The minimum Gasteiger partial charge on any atom is -0.457 e. The molecule has 0 radical (unpaired) electrons. The second-order valence-corrected chi connectivity index (χ2v) is 9.47. The number of hydrogen-bond donors (Lipinski definition) is 1. The minimum atomic E-state index is -0.850. The number of hydrogen-bond acceptors (Lipinski definition) is 6. The summed E-state index contributed by atoms with van der Waals surface area (Å²) in [6.07, 6.45) is 0. The van der Waals surface area contributed by atoms with Crippen molar-refractivity contribution < 1.29 is 23.8 Å². The lowest BCUT2D eigenvalue weighted by atomic mass is 9.64. The third kappa shape index (κ3) is 5.85. The number of aromatic nitrogens is 1. The van der Waals surface area contributed by atoms with E-state index in [0.29, 0.717) is 41.9 Å². The maximum absolute atomic E-state index is 9.55. The molecule has 196 valence electrons. The van der Waals surface area contributed by atoms with Gasteiger partial charge in [0.25, 0.3) is 0 Å². The molecule has 1 N–H and O–H groups in total. The summed E-state index contributed by atoms with van der Waals surface area (Å²) in [6.45, 7) is 21.0. The van der Waals surface area contributed by atoms with E-state index in [1.165, 1.54) is 11.0 Å². The summed E-state index contributed by atoms with van der Waals surface area (Å²) in [7, 11) is -0.850. The fourth-order valence-electron chi connectivity index (χ4n) is 4.52. The summed E-state index contributed by atoms with van der Waals surface area (Å²) in [5, 5.41) is 9.55. The van der Waals surface area contributed by atoms with Crippen LogP contribution in [0.3, 0.4) is 0 Å². The Morgan fingerprint density at radius 1 is 0.775 bits per heavy atom. The van der Waals surface area contributed by atoms with Crippen LogP contribution in [0.15, 0.2) is 66.7 Å². The van der Waals surface area contributed by atoms with Crippen molar-refractivity contribution in [2.75, 3.05) is 0 Å². The number of benzene rings is 3. The van der Waals surface area contributed by atoms with Crippen LogP contribution in [0.2, 0.25) is 6.82 Å². The summed E-state index contributed by atoms with van der Waals surface area (Å²) in [4.78, 5) is 11.0. The van der Waals surface area contributed by atoms with Gasteiger partial charge in [0.2, 0.25) is 11.6 Å². The molecular weight excluding hydrogens is 504 g/mol. The number of ether oxygens (including phenoxy) is 2. The third-order valence-corrected chi connectivity index (χ3v) is 6.72. The van der Waals surface area contributed by atoms with Crippen molar-refractivity contribution in [3.8, 4) is 23.1 Å². The van der Waals surface area contributed by atoms with E-state index in [2.05, 4.69) is 27.6 Å². The Morgan fingerprint density at radius 2 is 1.38 bits per heavy atom. The zero-order chi connectivity index (χ0) is 28.2. The second-order valence-electron chi connectivity index (χ2n) is 9.47. The highest BCUT2D eigenvalue weighted by atomic mass is 16.5. The first-order chi connectivity index (χ1) is 19.3. The molecule has 4 aromatic rings. The van der Waals surface area contributed by atoms with Gasteiger partial charge in [-0.3, -0.25) is 0 Å². The van der Waals surface area contributed by atoms with Crippen molar-refractivity contribution in [1.29, 1.82) is 0 Å². The van der Waals surface area contributed by atoms with Gasteiger partial charge in [0.1, 0.15) is 17.2 Å². The first kappa shape index (κ1) is 27.0. The van der Waals surface area contributed by atoms with Gasteiger partial charge >= 0.3 is 14.0 Å². The molecule has 0 saturated carbocycles. The van der Waals surface area contributed by atoms with Gasteiger partial charge in [0.05, 0.1) is 26.4 Å². The van der Waals surface area contributed by atoms with Crippen molar-refractivity contribution in [2.24, 2.45) is 0 Å². The highest BCUT2D eigenvalue weighted by Gasteiger charge is 2.27. The third-order valence-electron chi connectivity index (χ3n) is 6.72. The predicted octanol–water partition coefficient (Wildman–Crippen LogP) is 5.65. The Hall–Kier alpha value is -4.60. The first-order valence-corrected chi connectivity index (χ1v) is 12.7. The zero-order valence-corrected chi connectivity index (χ0v) is 22.3. The summed E-state index contributed by atoms with van der Waals surface area (Å²) in [6, 6.07) is 20.3. The molecule has 0 unspecified atom stereocenters. The van der Waals surface area contributed by atoms with Crippen LogP contribution in [0.4, 0.5) is 11.4 Å². The average Bonchev–Trinajstić information content (AvgIpc) is 3.50. The molecule has 0 amide bonds. The number of fused-ring (bicyclic) bond motifs is 2. The Balaban J connectivity index is 0.000000161. The van der Waals surface area contributed by atoms with Crippen LogP contribution in [-0.2, 0) is 22.5 Å². The summed E-state index contributed by atoms with van der Waals surface area (Å²) in [5.74, 6) is 2.62. The lowest BCUT2D eigenvalue weighted by molar-refractivity contribution is 0.275. The molecule has 0 aliphatic carbocycles. The molecule has 6 rings (SSSR count). The molecule has 3 aromatic carbocycles. The van der Waals surface area contributed by atoms with Crippen molar-refractivity contribution >= 4 is 36.3 Å². The molecule has 0 fully saturated rings. The lowest BCUT2D eigenvalue weighted by Gasteiger charge is -2.09. The van der Waals surface area contributed by atoms with Crippen molar-refractivity contribution in [3.05, 3.63) is 112 Å². The maximum Gasteiger partial charge on any atom is 0.491 e. The number of pyridine rings is 1. The summed E-state index contributed by atoms with van der Waals surface area (Å²) in [5.41, 5.74) is 6.83. The van der Waals surface area contributed by atoms with Crippen LogP contribution < -0.4 is 20.4 Å². The molecule has 2 aliphatic rings. The van der Waals surface area contributed by atoms with Gasteiger partial charge in [-0.1, -0.05) is 25.0 Å². The van der Waals surface area contributed by atoms with Gasteiger partial charge in [0.15, 0.2) is 5.69 Å². The quantitative estimate of drug-likeness (QED) is 0.272. The van der Waals surface area contributed by atoms with Crippen LogP contribution in [0.5, 0.6) is 23.1 Å². The summed E-state index contributed by atoms with van der Waals surface area (Å²) >= 11 is 0. The Kier molecular flexibility index (Phi) is 7.86. The molecule has 0 bridgehead atoms. The van der Waals surface area contributed by atoms with Gasteiger partial charge in [-0.25, -0.2) is 14.7 Å². The molecule has 8 nitrogen and oxygen atoms in total. The maximum atomic E-state index is 9.55. The number of nitrogens with zero attached hydrogens (tertiary/aromatic N) is 3. The van der Waals surface area contributed by atoms with Crippen molar-refractivity contribution in [1.82, 2.24) is 4.98 Å². The van der Waals surface area contributed by atoms with E-state index < -0.39 is 7.12 Å². The van der Waals surface area contributed by atoms with Crippen LogP contribution in [-0.4, -0.2) is 24.0 Å². The number of rotatable bonds is 4. The van der Waals surface area contributed by atoms with Crippen LogP contribution in [0.25, 0.3) is 9.69 Å². The largest absolute Gasteiger partial charge is 0.491 e. The molecule has 3 heterocycles. The number of aryl methyl sites for hydroxylation is 2. The topological polar surface area (TPSA) is 78.8 Å². The first-order valence-electron chi connectivity index (χ1n) is 12.7. The lowest BCUT2D eigenvalue weighted by Crippen LogP contribution is -2.27. The molecule has 2 aliphatic heterocycles. The van der Waals surface area contributed by atoms with E-state index >= 15 is 0 Å². The van der Waals surface area contributed by atoms with Crippen LogP contribution in [0.1, 0.15) is 22.4 Å². The van der Waals surface area contributed by atoms with E-state index in [1.807, 2.05) is 37.3 Å². The van der Waals surface area contributed by atoms with E-state index in [1.54, 1.807) is 37.3 Å². The van der Waals surface area contributed by atoms with Crippen LogP contribution >= 0.6 is 0 Å². The minimum absolute atomic E-state index is 0.166. The monoisotopic (exact) mass is 529 g/mol. The molecule has 1 aromatic heterocycles. The molecule has 0 saturated heterocycles. The molecule has 10 heteroatoms. The van der Waals surface area contributed by atoms with Crippen molar-refractivity contribution in [2.45, 2.75) is 33.9 Å². The molecule has 0 atom stereocenters. The Morgan fingerprint density at radius 3 is 2.08 bits per heavy atom. The fourth-order valence-corrected chi connectivity index (χ4v) is 4.52. The molecule has 40 heavy (non-hydrogen) atoms. The van der Waals surface area contributed by atoms with Crippen LogP contribution in [0, 0.1) is 27.0 Å². The van der Waals surface area contributed by atoms with Gasteiger partial charge in [-0.15, -0.1) is 0 Å². The fraction of sp³-hybridized carbons (Fsp3) is 0.167. The second kappa shape index (κ2) is 11.6. The highest BCUT2D eigenvalue weighted by molar-refractivity contribution is 6.67. The van der Waals surface area contributed by atoms with E-state index in [0.717, 1.165) is 28.1 Å². The normalized spacial score (nSPS) is 12.9. The molecular formula is C30H25B2N3O5. The van der Waals surface area contributed by atoms with E-state index in [9.17, 15) is 5.02 Å². The predicted molar refractivity (Wildman–Crippen MR) is 154 cm³/mol. The highest BCUT2D eigenvalue weighted by Crippen LogP contribution is 2.29. The van der Waals surface area contributed by atoms with E-state index in [4.69, 9.17) is 31.9 Å².